The maximum absolute atomic E-state index is 9.61. The van der Waals surface area contributed by atoms with E-state index >= 15 is 0 Å². The van der Waals surface area contributed by atoms with Gasteiger partial charge in [0.15, 0.2) is 0 Å². The van der Waals surface area contributed by atoms with Crippen molar-refractivity contribution in [1.82, 2.24) is 34.5 Å². The molecule has 6 rings (SSSR count). The van der Waals surface area contributed by atoms with Crippen LogP contribution in [0.4, 0.5) is 0 Å². The van der Waals surface area contributed by atoms with Gasteiger partial charge in [-0.05, 0) is 49.7 Å². The molecule has 2 aliphatic heterocycles. The number of likely N-dealkylation sites (tertiary alicyclic amines) is 2. The number of hydrogen-bond acceptors (Lipinski definition) is 7. The molecule has 0 radical (unpaired) electrons. The summed E-state index contributed by atoms with van der Waals surface area (Å²) in [6.07, 6.45) is 9.95. The van der Waals surface area contributed by atoms with Crippen LogP contribution in [0.5, 0.6) is 0 Å². The minimum absolute atomic E-state index is 0.299. The fraction of sp³-hybridized carbons (Fsp3) is 0.370. The van der Waals surface area contributed by atoms with E-state index in [0.29, 0.717) is 12.5 Å². The van der Waals surface area contributed by atoms with Gasteiger partial charge >= 0.3 is 0 Å². The van der Waals surface area contributed by atoms with Crippen molar-refractivity contribution in [2.45, 2.75) is 37.4 Å². The Morgan fingerprint density at radius 2 is 1.97 bits per heavy atom. The van der Waals surface area contributed by atoms with Gasteiger partial charge in [-0.2, -0.15) is 15.6 Å². The first kappa shape index (κ1) is 22.4. The summed E-state index contributed by atoms with van der Waals surface area (Å²) < 4.78 is 1.99. The average Bonchev–Trinajstić information content (AvgIpc) is 3.57. The van der Waals surface area contributed by atoms with Crippen molar-refractivity contribution in [1.29, 1.82) is 10.5 Å². The van der Waals surface area contributed by atoms with Crippen molar-refractivity contribution in [2.24, 2.45) is 0 Å². The molecule has 9 nitrogen and oxygen atoms in total. The Hall–Kier alpha value is -4.05. The molecule has 3 aromatic heterocycles. The summed E-state index contributed by atoms with van der Waals surface area (Å²) in [5.41, 5.74) is 4.20. The third kappa shape index (κ3) is 4.03. The van der Waals surface area contributed by atoms with Crippen LogP contribution in [0.2, 0.25) is 0 Å². The molecule has 5 heterocycles. The van der Waals surface area contributed by atoms with Crippen molar-refractivity contribution in [2.75, 3.05) is 26.2 Å². The zero-order valence-corrected chi connectivity index (χ0v) is 20.0. The molecule has 180 valence electrons. The van der Waals surface area contributed by atoms with Gasteiger partial charge in [-0.1, -0.05) is 12.1 Å². The first-order valence-electron chi connectivity index (χ1n) is 12.3. The molecule has 2 aliphatic rings. The molecule has 4 aromatic rings. The number of fused-ring (bicyclic) bond motifs is 1. The minimum Gasteiger partial charge on any atom is -0.346 e. The number of nitrogens with zero attached hydrogens (tertiary/aromatic N) is 8. The lowest BCUT2D eigenvalue weighted by Crippen LogP contribution is -2.66. The Balaban J connectivity index is 1.11. The van der Waals surface area contributed by atoms with E-state index in [1.54, 1.807) is 6.33 Å². The molecule has 0 atom stereocenters. The molecule has 1 aromatic carbocycles. The third-order valence-electron chi connectivity index (χ3n) is 7.63. The van der Waals surface area contributed by atoms with Crippen molar-refractivity contribution >= 4 is 11.0 Å². The van der Waals surface area contributed by atoms with Crippen molar-refractivity contribution in [3.05, 3.63) is 66.4 Å². The molecule has 0 bridgehead atoms. The highest BCUT2D eigenvalue weighted by atomic mass is 15.4. The molecule has 2 fully saturated rings. The molecule has 0 amide bonds. The molecule has 2 saturated heterocycles. The Morgan fingerprint density at radius 1 is 1.11 bits per heavy atom. The van der Waals surface area contributed by atoms with Gasteiger partial charge in [0.05, 0.1) is 36.0 Å². The largest absolute Gasteiger partial charge is 0.346 e. The first-order chi connectivity index (χ1) is 17.7. The number of nitrogens with one attached hydrogen (secondary N) is 1. The monoisotopic (exact) mass is 477 g/mol. The molecular formula is C27H27N9. The predicted octanol–water partition coefficient (Wildman–Crippen LogP) is 3.28. The Bertz CT molecular complexity index is 1460. The van der Waals surface area contributed by atoms with Gasteiger partial charge in [0.1, 0.15) is 17.5 Å². The summed E-state index contributed by atoms with van der Waals surface area (Å²) in [7, 11) is 0. The van der Waals surface area contributed by atoms with Crippen LogP contribution < -0.4 is 0 Å². The van der Waals surface area contributed by atoms with Crippen molar-refractivity contribution in [3.63, 3.8) is 0 Å². The lowest BCUT2D eigenvalue weighted by atomic mass is 9.83. The normalized spacial score (nSPS) is 18.5. The number of rotatable bonds is 6. The third-order valence-corrected chi connectivity index (χ3v) is 7.63. The zero-order valence-electron chi connectivity index (χ0n) is 20.0. The van der Waals surface area contributed by atoms with Gasteiger partial charge in [-0.15, -0.1) is 0 Å². The summed E-state index contributed by atoms with van der Waals surface area (Å²) in [6.45, 7) is 4.62. The summed E-state index contributed by atoms with van der Waals surface area (Å²) in [5.74, 6) is 0. The van der Waals surface area contributed by atoms with E-state index in [1.807, 2.05) is 47.5 Å². The maximum Gasteiger partial charge on any atom is 0.141 e. The van der Waals surface area contributed by atoms with Gasteiger partial charge in [0, 0.05) is 49.0 Å². The van der Waals surface area contributed by atoms with E-state index in [1.165, 1.54) is 5.56 Å². The van der Waals surface area contributed by atoms with Crippen LogP contribution in [0.25, 0.3) is 22.3 Å². The topological polar surface area (TPSA) is 113 Å². The SMILES string of the molecule is N#CCC1(n2cc(-c3ncnc4[nH]ccc34)cn2)CN(C2CCN(Cc3cccc(C#N)c3)CC2)C1. The highest BCUT2D eigenvalue weighted by molar-refractivity contribution is 5.89. The van der Waals surface area contributed by atoms with E-state index in [-0.39, 0.29) is 5.54 Å². The number of benzene rings is 1. The van der Waals surface area contributed by atoms with Crippen LogP contribution in [-0.2, 0) is 12.1 Å². The number of hydrogen-bond donors (Lipinski definition) is 1. The quantitative estimate of drug-likeness (QED) is 0.453. The number of aromatic nitrogens is 5. The van der Waals surface area contributed by atoms with Gasteiger partial charge in [-0.3, -0.25) is 14.5 Å². The molecule has 1 N–H and O–H groups in total. The first-order valence-corrected chi connectivity index (χ1v) is 12.3. The summed E-state index contributed by atoms with van der Waals surface area (Å²) in [5, 5.41) is 24.4. The second-order valence-electron chi connectivity index (χ2n) is 9.92. The summed E-state index contributed by atoms with van der Waals surface area (Å²) >= 11 is 0. The second kappa shape index (κ2) is 9.19. The average molecular weight is 478 g/mol. The van der Waals surface area contributed by atoms with E-state index < -0.39 is 0 Å². The van der Waals surface area contributed by atoms with Crippen molar-refractivity contribution in [3.8, 4) is 23.4 Å². The summed E-state index contributed by atoms with van der Waals surface area (Å²) in [4.78, 5) is 16.9. The van der Waals surface area contributed by atoms with Crippen LogP contribution in [0.15, 0.2) is 55.2 Å². The minimum atomic E-state index is -0.299. The molecule has 0 aliphatic carbocycles. The number of aromatic amines is 1. The Kier molecular flexibility index (Phi) is 5.73. The fourth-order valence-electron chi connectivity index (χ4n) is 5.70. The standard InChI is InChI=1S/C27H27N9/c28-8-7-27(36-16-22(14-33-36)25-24-4-9-30-26(24)32-19-31-25)17-35(18-27)23-5-10-34(11-6-23)15-21-3-1-2-20(12-21)13-29/h1-4,9,12,14,16,19,23H,5-7,10-11,15,17-18H2,(H,30,31,32). The van der Waals surface area contributed by atoms with Crippen LogP contribution in [0.1, 0.15) is 30.4 Å². The van der Waals surface area contributed by atoms with Crippen LogP contribution in [0.3, 0.4) is 0 Å². The maximum atomic E-state index is 9.61. The molecule has 0 unspecified atom stereocenters. The molecular weight excluding hydrogens is 450 g/mol. The van der Waals surface area contributed by atoms with E-state index in [9.17, 15) is 5.26 Å². The molecule has 0 saturated carbocycles. The van der Waals surface area contributed by atoms with Gasteiger partial charge in [-0.25, -0.2) is 9.97 Å². The lowest BCUT2D eigenvalue weighted by Gasteiger charge is -2.53. The van der Waals surface area contributed by atoms with Crippen molar-refractivity contribution < 1.29 is 0 Å². The van der Waals surface area contributed by atoms with Gasteiger partial charge in [0.25, 0.3) is 0 Å². The van der Waals surface area contributed by atoms with Gasteiger partial charge < -0.3 is 4.98 Å². The number of H-pyrrole nitrogens is 1. The Labute approximate surface area is 209 Å². The number of nitriles is 2. The van der Waals surface area contributed by atoms with E-state index in [4.69, 9.17) is 5.26 Å². The van der Waals surface area contributed by atoms with Crippen LogP contribution in [-0.4, -0.2) is 66.8 Å². The van der Waals surface area contributed by atoms with Crippen LogP contribution in [0, 0.1) is 22.7 Å². The highest BCUT2D eigenvalue weighted by Gasteiger charge is 2.48. The fourth-order valence-corrected chi connectivity index (χ4v) is 5.70. The van der Waals surface area contributed by atoms with E-state index in [2.05, 4.69) is 48.1 Å². The summed E-state index contributed by atoms with van der Waals surface area (Å²) in [6, 6.07) is 15.0. The lowest BCUT2D eigenvalue weighted by molar-refractivity contribution is -0.0436. The highest BCUT2D eigenvalue weighted by Crippen LogP contribution is 2.37. The molecule has 9 heteroatoms. The number of piperidine rings is 1. The second-order valence-corrected chi connectivity index (χ2v) is 9.92. The Morgan fingerprint density at radius 3 is 2.78 bits per heavy atom. The predicted molar refractivity (Wildman–Crippen MR) is 134 cm³/mol. The smallest absolute Gasteiger partial charge is 0.141 e. The van der Waals surface area contributed by atoms with E-state index in [0.717, 1.165) is 73.4 Å². The zero-order chi connectivity index (χ0) is 24.5. The molecule has 0 spiro atoms. The molecule has 36 heavy (non-hydrogen) atoms. The van der Waals surface area contributed by atoms with Crippen LogP contribution >= 0.6 is 0 Å². The van der Waals surface area contributed by atoms with Gasteiger partial charge in [0.2, 0.25) is 0 Å².